The van der Waals surface area contributed by atoms with E-state index in [9.17, 15) is 9.18 Å². The smallest absolute Gasteiger partial charge is 0.273 e. The molecular formula is C21H24FN7O. The van der Waals surface area contributed by atoms with Crippen LogP contribution in [0.1, 0.15) is 24.1 Å². The predicted molar refractivity (Wildman–Crippen MR) is 115 cm³/mol. The lowest BCUT2D eigenvalue weighted by Crippen LogP contribution is -2.38. The maximum absolute atomic E-state index is 14.4. The molecule has 156 valence electrons. The molecule has 1 aliphatic heterocycles. The second-order valence-electron chi connectivity index (χ2n) is 7.62. The summed E-state index contributed by atoms with van der Waals surface area (Å²) in [5, 5.41) is 22.7. The van der Waals surface area contributed by atoms with Crippen LogP contribution in [0.4, 0.5) is 4.39 Å². The predicted octanol–water partition coefficient (Wildman–Crippen LogP) is 2.23. The quantitative estimate of drug-likeness (QED) is 0.561. The molecule has 1 aromatic carbocycles. The van der Waals surface area contributed by atoms with Crippen LogP contribution in [0.5, 0.6) is 0 Å². The van der Waals surface area contributed by atoms with E-state index in [1.54, 1.807) is 25.3 Å². The number of H-pyrrole nitrogens is 1. The first-order chi connectivity index (χ1) is 14.5. The highest BCUT2D eigenvalue weighted by molar-refractivity contribution is 6.11. The summed E-state index contributed by atoms with van der Waals surface area (Å²) in [5.41, 5.74) is 2.05. The number of aromatic amines is 1. The maximum atomic E-state index is 14.4. The number of hydrogen-bond donors (Lipinski definition) is 3. The van der Waals surface area contributed by atoms with Gasteiger partial charge in [0.25, 0.3) is 5.56 Å². The molecule has 0 spiro atoms. The number of nitrogens with one attached hydrogen (secondary N) is 3. The van der Waals surface area contributed by atoms with Crippen molar-refractivity contribution < 1.29 is 4.39 Å². The number of aryl methyl sites for hydroxylation is 1. The average molecular weight is 409 g/mol. The number of piperidine rings is 1. The highest BCUT2D eigenvalue weighted by Crippen LogP contribution is 2.21. The van der Waals surface area contributed by atoms with E-state index in [1.165, 1.54) is 18.3 Å². The van der Waals surface area contributed by atoms with Crippen molar-refractivity contribution in [3.63, 3.8) is 0 Å². The van der Waals surface area contributed by atoms with Crippen LogP contribution in [0.3, 0.4) is 0 Å². The van der Waals surface area contributed by atoms with Crippen molar-refractivity contribution in [3.05, 3.63) is 57.9 Å². The van der Waals surface area contributed by atoms with E-state index >= 15 is 0 Å². The molecule has 0 unspecified atom stereocenters. The number of fused-ring (bicyclic) bond motifs is 1. The molecule has 8 nitrogen and oxygen atoms in total. The average Bonchev–Trinajstić information content (AvgIpc) is 3.12. The van der Waals surface area contributed by atoms with Gasteiger partial charge in [-0.3, -0.25) is 9.89 Å². The van der Waals surface area contributed by atoms with Crippen molar-refractivity contribution in [2.75, 3.05) is 20.1 Å². The molecule has 0 aliphatic carbocycles. The van der Waals surface area contributed by atoms with E-state index in [0.29, 0.717) is 33.9 Å². The van der Waals surface area contributed by atoms with E-state index in [4.69, 9.17) is 5.41 Å². The summed E-state index contributed by atoms with van der Waals surface area (Å²) in [4.78, 5) is 14.8. The summed E-state index contributed by atoms with van der Waals surface area (Å²) >= 11 is 0. The molecule has 0 amide bonds. The van der Waals surface area contributed by atoms with Gasteiger partial charge in [-0.1, -0.05) is 12.1 Å². The van der Waals surface area contributed by atoms with E-state index < -0.39 is 11.4 Å². The fraction of sp³-hybridized carbons (Fsp3) is 0.333. The monoisotopic (exact) mass is 409 g/mol. The van der Waals surface area contributed by atoms with Crippen LogP contribution in [0.2, 0.25) is 0 Å². The lowest BCUT2D eigenvalue weighted by Gasteiger charge is -2.29. The molecule has 0 radical (unpaired) electrons. The SMILES string of the molecule is Cc1cccc(F)c1-n1nc2c(/C(C=N)=C/NC3CCN(C)CC3)n[nH]c2cc1=O. The molecule has 3 heterocycles. The molecule has 0 bridgehead atoms. The van der Waals surface area contributed by atoms with Crippen molar-refractivity contribution in [1.82, 2.24) is 30.2 Å². The van der Waals surface area contributed by atoms with Crippen LogP contribution >= 0.6 is 0 Å². The lowest BCUT2D eigenvalue weighted by atomic mass is 10.1. The Hall–Kier alpha value is -3.33. The molecule has 1 fully saturated rings. The van der Waals surface area contributed by atoms with Crippen LogP contribution in [0.25, 0.3) is 22.3 Å². The Labute approximate surface area is 172 Å². The Balaban J connectivity index is 1.73. The fourth-order valence-electron chi connectivity index (χ4n) is 3.70. The highest BCUT2D eigenvalue weighted by Gasteiger charge is 2.18. The summed E-state index contributed by atoms with van der Waals surface area (Å²) in [6.45, 7) is 3.76. The second-order valence-corrected chi connectivity index (χ2v) is 7.62. The van der Waals surface area contributed by atoms with Crippen LogP contribution < -0.4 is 10.9 Å². The molecule has 0 atom stereocenters. The Morgan fingerprint density at radius 1 is 1.37 bits per heavy atom. The second kappa shape index (κ2) is 8.19. The minimum Gasteiger partial charge on any atom is -0.387 e. The first-order valence-electron chi connectivity index (χ1n) is 9.87. The van der Waals surface area contributed by atoms with Gasteiger partial charge in [-0.05, 0) is 51.5 Å². The van der Waals surface area contributed by atoms with Gasteiger partial charge in [0, 0.05) is 30.1 Å². The number of hydrogen-bond acceptors (Lipinski definition) is 6. The van der Waals surface area contributed by atoms with Crippen LogP contribution in [-0.2, 0) is 0 Å². The number of halogens is 1. The first kappa shape index (κ1) is 20.0. The fourth-order valence-corrected chi connectivity index (χ4v) is 3.70. The van der Waals surface area contributed by atoms with Gasteiger partial charge in [-0.15, -0.1) is 0 Å². The molecule has 1 saturated heterocycles. The summed E-state index contributed by atoms with van der Waals surface area (Å²) in [7, 11) is 2.10. The van der Waals surface area contributed by atoms with Crippen LogP contribution in [0, 0.1) is 18.2 Å². The van der Waals surface area contributed by atoms with Crippen molar-refractivity contribution in [2.45, 2.75) is 25.8 Å². The minimum atomic E-state index is -0.527. The summed E-state index contributed by atoms with van der Waals surface area (Å²) in [5.74, 6) is -0.527. The van der Waals surface area contributed by atoms with Crippen molar-refractivity contribution in [2.24, 2.45) is 0 Å². The van der Waals surface area contributed by atoms with E-state index in [0.717, 1.165) is 30.6 Å². The van der Waals surface area contributed by atoms with Gasteiger partial charge >= 0.3 is 0 Å². The molecule has 3 N–H and O–H groups in total. The molecule has 30 heavy (non-hydrogen) atoms. The summed E-state index contributed by atoms with van der Waals surface area (Å²) < 4.78 is 15.5. The lowest BCUT2D eigenvalue weighted by molar-refractivity contribution is 0.244. The number of nitrogens with zero attached hydrogens (tertiary/aromatic N) is 4. The number of aromatic nitrogens is 4. The van der Waals surface area contributed by atoms with Crippen LogP contribution in [-0.4, -0.2) is 57.3 Å². The Bertz CT molecular complexity index is 1150. The van der Waals surface area contributed by atoms with E-state index in [-0.39, 0.29) is 5.69 Å². The molecule has 3 aromatic rings. The zero-order valence-corrected chi connectivity index (χ0v) is 16.9. The number of likely N-dealkylation sites (tertiary alicyclic amines) is 1. The molecule has 9 heteroatoms. The van der Waals surface area contributed by atoms with Crippen molar-refractivity contribution in [3.8, 4) is 5.69 Å². The first-order valence-corrected chi connectivity index (χ1v) is 9.87. The normalized spacial score (nSPS) is 16.2. The standard InChI is InChI=1S/C21H24FN7O/c1-13-4-3-5-16(22)21(13)29-18(30)10-17-20(27-29)19(26-25-17)14(11-23)12-24-15-6-8-28(2)9-7-15/h3-5,10-12,15,23-25H,6-9H2,1-2H3/b14-12+,23-11?. The van der Waals surface area contributed by atoms with Gasteiger partial charge in [0.1, 0.15) is 22.7 Å². The minimum absolute atomic E-state index is 0.112. The molecule has 2 aromatic heterocycles. The zero-order valence-electron chi connectivity index (χ0n) is 16.9. The molecular weight excluding hydrogens is 385 g/mol. The van der Waals surface area contributed by atoms with Crippen molar-refractivity contribution in [1.29, 1.82) is 5.41 Å². The largest absolute Gasteiger partial charge is 0.387 e. The molecule has 1 aliphatic rings. The van der Waals surface area contributed by atoms with Gasteiger partial charge in [0.2, 0.25) is 0 Å². The third-order valence-electron chi connectivity index (χ3n) is 5.47. The zero-order chi connectivity index (χ0) is 21.3. The number of allylic oxidation sites excluding steroid dienone is 1. The van der Waals surface area contributed by atoms with Crippen LogP contribution in [0.15, 0.2) is 35.3 Å². The van der Waals surface area contributed by atoms with Gasteiger partial charge in [-0.25, -0.2) is 4.39 Å². The van der Waals surface area contributed by atoms with Gasteiger partial charge in [-0.2, -0.15) is 14.9 Å². The third kappa shape index (κ3) is 3.76. The van der Waals surface area contributed by atoms with E-state index in [1.807, 2.05) is 0 Å². The summed E-state index contributed by atoms with van der Waals surface area (Å²) in [6.07, 6.45) is 5.00. The number of para-hydroxylation sites is 1. The molecule has 4 rings (SSSR count). The van der Waals surface area contributed by atoms with Gasteiger partial charge in [0.15, 0.2) is 0 Å². The summed E-state index contributed by atoms with van der Waals surface area (Å²) in [6, 6.07) is 6.28. The highest BCUT2D eigenvalue weighted by atomic mass is 19.1. The Morgan fingerprint density at radius 3 is 2.83 bits per heavy atom. The van der Waals surface area contributed by atoms with Gasteiger partial charge < -0.3 is 15.6 Å². The number of rotatable bonds is 5. The maximum Gasteiger partial charge on any atom is 0.273 e. The van der Waals surface area contributed by atoms with Gasteiger partial charge in [0.05, 0.1) is 5.52 Å². The van der Waals surface area contributed by atoms with Crippen molar-refractivity contribution >= 4 is 22.8 Å². The Morgan fingerprint density at radius 2 is 2.13 bits per heavy atom. The third-order valence-corrected chi connectivity index (χ3v) is 5.47. The Kier molecular flexibility index (Phi) is 5.45. The number of benzene rings is 1. The topological polar surface area (TPSA) is 103 Å². The molecule has 0 saturated carbocycles. The van der Waals surface area contributed by atoms with E-state index in [2.05, 4.69) is 32.6 Å².